The van der Waals surface area contributed by atoms with Crippen LogP contribution in [0.4, 0.5) is 5.69 Å². The van der Waals surface area contributed by atoms with E-state index >= 15 is 0 Å². The van der Waals surface area contributed by atoms with Gasteiger partial charge in [0.2, 0.25) is 0 Å². The maximum absolute atomic E-state index is 12.2. The molecule has 24 heavy (non-hydrogen) atoms. The lowest BCUT2D eigenvalue weighted by Gasteiger charge is -2.15. The number of hydrogen-bond donors (Lipinski definition) is 2. The minimum atomic E-state index is -0.893. The van der Waals surface area contributed by atoms with Crippen LogP contribution in [0.25, 0.3) is 0 Å². The molecule has 5 nitrogen and oxygen atoms in total. The molecule has 1 atom stereocenters. The highest BCUT2D eigenvalue weighted by atomic mass is 16.5. The summed E-state index contributed by atoms with van der Waals surface area (Å²) in [6, 6.07) is 12.0. The molecule has 0 aliphatic carbocycles. The van der Waals surface area contributed by atoms with Gasteiger partial charge in [0, 0.05) is 5.69 Å². The molecular formula is C19H21NO4. The average Bonchev–Trinajstić information content (AvgIpc) is 2.52. The normalized spacial score (nSPS) is 11.6. The van der Waals surface area contributed by atoms with Gasteiger partial charge in [0.1, 0.15) is 5.75 Å². The second-order valence-electron chi connectivity index (χ2n) is 5.78. The Bertz CT molecular complexity index is 738. The van der Waals surface area contributed by atoms with Crippen molar-refractivity contribution in [3.05, 3.63) is 59.2 Å². The van der Waals surface area contributed by atoms with Crippen molar-refractivity contribution >= 4 is 17.6 Å². The van der Waals surface area contributed by atoms with Gasteiger partial charge in [-0.3, -0.25) is 9.59 Å². The van der Waals surface area contributed by atoms with E-state index in [0.29, 0.717) is 11.3 Å². The van der Waals surface area contributed by atoms with Gasteiger partial charge in [0.15, 0.2) is 6.10 Å². The monoisotopic (exact) mass is 327 g/mol. The minimum absolute atomic E-state index is 0.0431. The summed E-state index contributed by atoms with van der Waals surface area (Å²) < 4.78 is 5.17. The van der Waals surface area contributed by atoms with Gasteiger partial charge in [-0.2, -0.15) is 0 Å². The molecule has 0 aromatic heterocycles. The van der Waals surface area contributed by atoms with E-state index in [2.05, 4.69) is 5.32 Å². The second-order valence-corrected chi connectivity index (χ2v) is 5.78. The maximum atomic E-state index is 12.2. The quantitative estimate of drug-likeness (QED) is 0.827. The summed E-state index contributed by atoms with van der Waals surface area (Å²) in [5.41, 5.74) is 3.47. The van der Waals surface area contributed by atoms with Gasteiger partial charge in [-0.1, -0.05) is 29.8 Å². The molecule has 0 radical (unpaired) electrons. The number of amides is 1. The molecule has 0 fully saturated rings. The van der Waals surface area contributed by atoms with Crippen molar-refractivity contribution in [3.63, 3.8) is 0 Å². The van der Waals surface area contributed by atoms with Gasteiger partial charge in [0.05, 0.1) is 6.42 Å². The van der Waals surface area contributed by atoms with Crippen molar-refractivity contribution in [3.8, 4) is 5.75 Å². The summed E-state index contributed by atoms with van der Waals surface area (Å²) in [5.74, 6) is -0.738. The Morgan fingerprint density at radius 3 is 2.42 bits per heavy atom. The molecule has 0 aliphatic heterocycles. The van der Waals surface area contributed by atoms with Crippen molar-refractivity contribution in [2.75, 3.05) is 5.32 Å². The van der Waals surface area contributed by atoms with Crippen LogP contribution in [0.3, 0.4) is 0 Å². The van der Waals surface area contributed by atoms with Crippen molar-refractivity contribution < 1.29 is 19.4 Å². The SMILES string of the molecule is Cc1ccc(NC(=O)[C@@H](C)OC(=O)Cc2ccc(O)cc2)c(C)c1. The van der Waals surface area contributed by atoms with E-state index in [-0.39, 0.29) is 18.1 Å². The Hall–Kier alpha value is -2.82. The summed E-state index contributed by atoms with van der Waals surface area (Å²) in [7, 11) is 0. The molecule has 1 amide bonds. The first kappa shape index (κ1) is 17.5. The third-order valence-corrected chi connectivity index (χ3v) is 3.60. The summed E-state index contributed by atoms with van der Waals surface area (Å²) in [4.78, 5) is 24.1. The van der Waals surface area contributed by atoms with Crippen LogP contribution in [-0.4, -0.2) is 23.1 Å². The van der Waals surface area contributed by atoms with Crippen LogP contribution < -0.4 is 5.32 Å². The molecule has 0 saturated carbocycles. The molecule has 126 valence electrons. The molecule has 0 bridgehead atoms. The molecule has 5 heteroatoms. The van der Waals surface area contributed by atoms with E-state index in [1.54, 1.807) is 12.1 Å². The summed E-state index contributed by atoms with van der Waals surface area (Å²) in [6.45, 7) is 5.42. The van der Waals surface area contributed by atoms with E-state index in [1.807, 2.05) is 32.0 Å². The zero-order valence-electron chi connectivity index (χ0n) is 14.0. The summed E-state index contributed by atoms with van der Waals surface area (Å²) in [5, 5.41) is 12.0. The first-order valence-corrected chi connectivity index (χ1v) is 7.70. The van der Waals surface area contributed by atoms with Crippen LogP contribution in [-0.2, 0) is 20.7 Å². The van der Waals surface area contributed by atoms with Gasteiger partial charge in [-0.15, -0.1) is 0 Å². The highest BCUT2D eigenvalue weighted by molar-refractivity contribution is 5.95. The number of esters is 1. The third-order valence-electron chi connectivity index (χ3n) is 3.60. The number of anilines is 1. The van der Waals surface area contributed by atoms with Crippen molar-refractivity contribution in [2.45, 2.75) is 33.3 Å². The van der Waals surface area contributed by atoms with Gasteiger partial charge >= 0.3 is 5.97 Å². The molecule has 0 aliphatic rings. The Kier molecular flexibility index (Phi) is 5.58. The number of ether oxygens (including phenoxy) is 1. The molecule has 0 spiro atoms. The number of nitrogens with one attached hydrogen (secondary N) is 1. The van der Waals surface area contributed by atoms with Crippen LogP contribution in [0.1, 0.15) is 23.6 Å². The molecule has 2 aromatic rings. The van der Waals surface area contributed by atoms with Crippen molar-refractivity contribution in [1.82, 2.24) is 0 Å². The summed E-state index contributed by atoms with van der Waals surface area (Å²) >= 11 is 0. The average molecular weight is 327 g/mol. The number of aromatic hydroxyl groups is 1. The second kappa shape index (κ2) is 7.64. The standard InChI is InChI=1S/C19H21NO4/c1-12-4-9-17(13(2)10-12)20-19(23)14(3)24-18(22)11-15-5-7-16(21)8-6-15/h4-10,14,21H,11H2,1-3H3,(H,20,23)/t14-/m1/s1. The Labute approximate surface area is 141 Å². The lowest BCUT2D eigenvalue weighted by Crippen LogP contribution is -2.30. The lowest BCUT2D eigenvalue weighted by molar-refractivity contribution is -0.152. The van der Waals surface area contributed by atoms with Crippen LogP contribution in [0.15, 0.2) is 42.5 Å². The smallest absolute Gasteiger partial charge is 0.311 e. The first-order chi connectivity index (χ1) is 11.3. The van der Waals surface area contributed by atoms with E-state index < -0.39 is 12.1 Å². The largest absolute Gasteiger partial charge is 0.508 e. The molecule has 0 unspecified atom stereocenters. The molecule has 0 saturated heterocycles. The predicted octanol–water partition coefficient (Wildman–Crippen LogP) is 3.12. The van der Waals surface area contributed by atoms with Gasteiger partial charge < -0.3 is 15.2 Å². The molecule has 2 rings (SSSR count). The highest BCUT2D eigenvalue weighted by Crippen LogP contribution is 2.17. The number of carbonyl (C=O) groups excluding carboxylic acids is 2. The third kappa shape index (κ3) is 4.84. The zero-order chi connectivity index (χ0) is 17.7. The molecular weight excluding hydrogens is 306 g/mol. The van der Waals surface area contributed by atoms with Crippen LogP contribution in [0.2, 0.25) is 0 Å². The molecule has 0 heterocycles. The number of hydrogen-bond acceptors (Lipinski definition) is 4. The van der Waals surface area contributed by atoms with Crippen molar-refractivity contribution in [2.24, 2.45) is 0 Å². The van der Waals surface area contributed by atoms with E-state index in [9.17, 15) is 14.7 Å². The Balaban J connectivity index is 1.90. The number of carbonyl (C=O) groups is 2. The van der Waals surface area contributed by atoms with Gasteiger partial charge in [-0.25, -0.2) is 0 Å². The van der Waals surface area contributed by atoms with E-state index in [1.165, 1.54) is 19.1 Å². The van der Waals surface area contributed by atoms with E-state index in [4.69, 9.17) is 4.74 Å². The fraction of sp³-hybridized carbons (Fsp3) is 0.263. The molecule has 2 aromatic carbocycles. The van der Waals surface area contributed by atoms with E-state index in [0.717, 1.165) is 11.1 Å². The van der Waals surface area contributed by atoms with Crippen LogP contribution in [0, 0.1) is 13.8 Å². The minimum Gasteiger partial charge on any atom is -0.508 e. The van der Waals surface area contributed by atoms with Gasteiger partial charge in [0.25, 0.3) is 5.91 Å². The van der Waals surface area contributed by atoms with Crippen molar-refractivity contribution in [1.29, 1.82) is 0 Å². The number of rotatable bonds is 5. The zero-order valence-corrected chi connectivity index (χ0v) is 14.0. The summed E-state index contributed by atoms with van der Waals surface area (Å²) in [6.07, 6.45) is -0.850. The van der Waals surface area contributed by atoms with Crippen LogP contribution >= 0.6 is 0 Å². The lowest BCUT2D eigenvalue weighted by atomic mass is 10.1. The highest BCUT2D eigenvalue weighted by Gasteiger charge is 2.18. The first-order valence-electron chi connectivity index (χ1n) is 7.70. The molecule has 2 N–H and O–H groups in total. The Morgan fingerprint density at radius 2 is 1.79 bits per heavy atom. The Morgan fingerprint density at radius 1 is 1.12 bits per heavy atom. The number of aryl methyl sites for hydroxylation is 2. The maximum Gasteiger partial charge on any atom is 0.311 e. The number of benzene rings is 2. The fourth-order valence-electron chi connectivity index (χ4n) is 2.26. The topological polar surface area (TPSA) is 75.6 Å². The predicted molar refractivity (Wildman–Crippen MR) is 91.9 cm³/mol. The van der Waals surface area contributed by atoms with Crippen LogP contribution in [0.5, 0.6) is 5.75 Å². The number of phenolic OH excluding ortho intramolecular Hbond substituents is 1. The fourth-order valence-corrected chi connectivity index (χ4v) is 2.26. The van der Waals surface area contributed by atoms with Gasteiger partial charge in [-0.05, 0) is 50.1 Å². The number of phenols is 1.